The van der Waals surface area contributed by atoms with E-state index in [-0.39, 0.29) is 23.2 Å². The molecule has 2 amide bonds. The minimum Gasteiger partial charge on any atom is -0.362 e. The lowest BCUT2D eigenvalue weighted by molar-refractivity contribution is -0.140. The number of amides is 2. The highest BCUT2D eigenvalue weighted by Gasteiger charge is 2.39. The van der Waals surface area contributed by atoms with Gasteiger partial charge in [-0.05, 0) is 49.6 Å². The van der Waals surface area contributed by atoms with Gasteiger partial charge in [0.15, 0.2) is 0 Å². The molecule has 1 fully saturated rings. The van der Waals surface area contributed by atoms with Gasteiger partial charge in [0.25, 0.3) is 0 Å². The lowest BCUT2D eigenvalue weighted by atomic mass is 9.95. The monoisotopic (exact) mass is 454 g/mol. The number of alkyl halides is 3. The number of halogens is 4. The Bertz CT molecular complexity index is 910. The number of likely N-dealkylation sites (tertiary alicyclic amines) is 1. The molecule has 2 aromatic carbocycles. The van der Waals surface area contributed by atoms with Crippen molar-refractivity contribution < 1.29 is 22.7 Å². The Morgan fingerprint density at radius 2 is 1.77 bits per heavy atom. The third-order valence-corrected chi connectivity index (χ3v) is 5.77. The topological polar surface area (TPSA) is 41.6 Å². The van der Waals surface area contributed by atoms with Gasteiger partial charge in [-0.2, -0.15) is 13.2 Å². The van der Waals surface area contributed by atoms with E-state index < -0.39 is 17.8 Å². The first kappa shape index (κ1) is 23.4. The van der Waals surface area contributed by atoms with Gasteiger partial charge >= 0.3 is 12.2 Å². The zero-order valence-electron chi connectivity index (χ0n) is 17.7. The summed E-state index contributed by atoms with van der Waals surface area (Å²) in [5.74, 6) is 0. The van der Waals surface area contributed by atoms with Crippen molar-refractivity contribution in [2.75, 3.05) is 13.1 Å². The van der Waals surface area contributed by atoms with Crippen molar-refractivity contribution in [3.8, 4) is 0 Å². The Morgan fingerprint density at radius 3 is 2.35 bits per heavy atom. The second-order valence-corrected chi connectivity index (χ2v) is 8.78. The van der Waals surface area contributed by atoms with E-state index >= 15 is 0 Å². The molecule has 1 atom stereocenters. The van der Waals surface area contributed by atoms with E-state index in [4.69, 9.17) is 16.3 Å². The van der Waals surface area contributed by atoms with E-state index in [0.29, 0.717) is 23.7 Å². The smallest absolute Gasteiger partial charge is 0.362 e. The number of nitrogens with zero attached hydrogens (tertiary/aromatic N) is 1. The first-order valence-electron chi connectivity index (χ1n) is 10.1. The Hall–Kier alpha value is -2.25. The molecule has 168 valence electrons. The van der Waals surface area contributed by atoms with Crippen LogP contribution in [0.2, 0.25) is 5.02 Å². The Balaban J connectivity index is 1.80. The summed E-state index contributed by atoms with van der Waals surface area (Å²) in [6, 6.07) is 11.8. The number of carbonyl (C=O) groups is 1. The minimum atomic E-state index is -4.51. The van der Waals surface area contributed by atoms with E-state index in [1.165, 1.54) is 12.1 Å². The summed E-state index contributed by atoms with van der Waals surface area (Å²) >= 11 is 5.96. The van der Waals surface area contributed by atoms with Crippen molar-refractivity contribution in [2.24, 2.45) is 0 Å². The molecule has 1 N–H and O–H groups in total. The highest BCUT2D eigenvalue weighted by Crippen LogP contribution is 2.39. The standard InChI is InChI=1S/C23H26ClF3N2O2/c1-4-22(2,3)28-21(30)29-13-17(14-29)31-20(15-9-11-16(24)12-10-15)18-7-5-6-8-19(18)23(25,26)27/h5-12,17,20H,4,13-14H2,1-3H3,(H,28,30). The summed E-state index contributed by atoms with van der Waals surface area (Å²) < 4.78 is 47.0. The van der Waals surface area contributed by atoms with Crippen LogP contribution in [0, 0.1) is 0 Å². The van der Waals surface area contributed by atoms with Crippen molar-refractivity contribution in [3.63, 3.8) is 0 Å². The molecule has 0 aliphatic carbocycles. The fraction of sp³-hybridized carbons (Fsp3) is 0.435. The van der Waals surface area contributed by atoms with Crippen molar-refractivity contribution >= 4 is 17.6 Å². The van der Waals surface area contributed by atoms with Crippen molar-refractivity contribution in [3.05, 3.63) is 70.2 Å². The Labute approximate surface area is 185 Å². The molecule has 31 heavy (non-hydrogen) atoms. The maximum absolute atomic E-state index is 13.6. The molecule has 0 saturated carbocycles. The van der Waals surface area contributed by atoms with Gasteiger partial charge in [0.05, 0.1) is 24.8 Å². The molecule has 0 radical (unpaired) electrons. The highest BCUT2D eigenvalue weighted by molar-refractivity contribution is 6.30. The average Bonchev–Trinajstić information content (AvgIpc) is 2.67. The molecular formula is C23H26ClF3N2O2. The van der Waals surface area contributed by atoms with E-state index in [0.717, 1.165) is 12.5 Å². The van der Waals surface area contributed by atoms with Gasteiger partial charge in [-0.25, -0.2) is 4.79 Å². The predicted octanol–water partition coefficient (Wildman–Crippen LogP) is 6.05. The second kappa shape index (κ2) is 9.09. The molecule has 0 spiro atoms. The molecule has 2 aromatic rings. The van der Waals surface area contributed by atoms with Gasteiger partial charge < -0.3 is 15.0 Å². The predicted molar refractivity (Wildman–Crippen MR) is 114 cm³/mol. The van der Waals surface area contributed by atoms with Gasteiger partial charge in [-0.15, -0.1) is 0 Å². The molecule has 8 heteroatoms. The van der Waals surface area contributed by atoms with Gasteiger partial charge in [0.1, 0.15) is 6.10 Å². The van der Waals surface area contributed by atoms with Crippen LogP contribution >= 0.6 is 11.6 Å². The summed E-state index contributed by atoms with van der Waals surface area (Å²) in [5, 5.41) is 3.43. The van der Waals surface area contributed by atoms with E-state index in [1.807, 2.05) is 20.8 Å². The van der Waals surface area contributed by atoms with Gasteiger partial charge in [0, 0.05) is 10.6 Å². The molecule has 1 saturated heterocycles. The number of urea groups is 1. The van der Waals surface area contributed by atoms with E-state index in [9.17, 15) is 18.0 Å². The van der Waals surface area contributed by atoms with Crippen LogP contribution in [0.5, 0.6) is 0 Å². The lowest BCUT2D eigenvalue weighted by Crippen LogP contribution is -2.60. The number of hydrogen-bond donors (Lipinski definition) is 1. The van der Waals surface area contributed by atoms with Crippen molar-refractivity contribution in [1.29, 1.82) is 0 Å². The van der Waals surface area contributed by atoms with Gasteiger partial charge in [0.2, 0.25) is 0 Å². The van der Waals surface area contributed by atoms with Crippen LogP contribution in [0.15, 0.2) is 48.5 Å². The molecular weight excluding hydrogens is 429 g/mol. The maximum Gasteiger partial charge on any atom is 0.416 e. The molecule has 1 aliphatic heterocycles. The van der Waals surface area contributed by atoms with E-state index in [1.54, 1.807) is 35.2 Å². The molecule has 0 bridgehead atoms. The van der Waals surface area contributed by atoms with Crippen LogP contribution < -0.4 is 5.32 Å². The number of rotatable bonds is 6. The summed E-state index contributed by atoms with van der Waals surface area (Å²) in [6.07, 6.45) is -5.05. The average molecular weight is 455 g/mol. The molecule has 1 heterocycles. The van der Waals surface area contributed by atoms with E-state index in [2.05, 4.69) is 5.32 Å². The molecule has 4 nitrogen and oxygen atoms in total. The lowest BCUT2D eigenvalue weighted by Gasteiger charge is -2.42. The fourth-order valence-electron chi connectivity index (χ4n) is 3.29. The number of nitrogens with one attached hydrogen (secondary N) is 1. The summed E-state index contributed by atoms with van der Waals surface area (Å²) in [6.45, 7) is 6.47. The van der Waals surface area contributed by atoms with Crippen LogP contribution in [-0.2, 0) is 10.9 Å². The number of benzene rings is 2. The first-order valence-corrected chi connectivity index (χ1v) is 10.5. The third kappa shape index (κ3) is 5.71. The second-order valence-electron chi connectivity index (χ2n) is 8.35. The maximum atomic E-state index is 13.6. The molecule has 0 aromatic heterocycles. The third-order valence-electron chi connectivity index (χ3n) is 5.51. The zero-order valence-corrected chi connectivity index (χ0v) is 18.4. The van der Waals surface area contributed by atoms with Gasteiger partial charge in [-0.1, -0.05) is 48.9 Å². The van der Waals surface area contributed by atoms with Crippen LogP contribution in [0.25, 0.3) is 0 Å². The normalized spacial score (nSPS) is 16.0. The van der Waals surface area contributed by atoms with Crippen LogP contribution in [-0.4, -0.2) is 35.7 Å². The van der Waals surface area contributed by atoms with Crippen LogP contribution in [0.1, 0.15) is 50.0 Å². The molecule has 1 unspecified atom stereocenters. The van der Waals surface area contributed by atoms with Crippen molar-refractivity contribution in [2.45, 2.75) is 51.1 Å². The van der Waals surface area contributed by atoms with Crippen LogP contribution in [0.3, 0.4) is 0 Å². The first-order chi connectivity index (χ1) is 14.5. The zero-order chi connectivity index (χ0) is 22.8. The summed E-state index contributed by atoms with van der Waals surface area (Å²) in [7, 11) is 0. The summed E-state index contributed by atoms with van der Waals surface area (Å²) in [5.41, 5.74) is -0.474. The Kier molecular flexibility index (Phi) is 6.86. The number of hydrogen-bond acceptors (Lipinski definition) is 2. The summed E-state index contributed by atoms with van der Waals surface area (Å²) in [4.78, 5) is 14.0. The number of ether oxygens (including phenoxy) is 1. The SMILES string of the molecule is CCC(C)(C)NC(=O)N1CC(OC(c2ccc(Cl)cc2)c2ccccc2C(F)(F)F)C1. The van der Waals surface area contributed by atoms with Crippen LogP contribution in [0.4, 0.5) is 18.0 Å². The molecule has 1 aliphatic rings. The highest BCUT2D eigenvalue weighted by atomic mass is 35.5. The van der Waals surface area contributed by atoms with Gasteiger partial charge in [-0.3, -0.25) is 0 Å². The number of carbonyl (C=O) groups excluding carboxylic acids is 1. The van der Waals surface area contributed by atoms with Crippen molar-refractivity contribution in [1.82, 2.24) is 10.2 Å². The quantitative estimate of drug-likeness (QED) is 0.577. The molecule has 3 rings (SSSR count). The largest absolute Gasteiger partial charge is 0.416 e. The Morgan fingerprint density at radius 1 is 1.16 bits per heavy atom. The minimum absolute atomic E-state index is 0.0346. The fourth-order valence-corrected chi connectivity index (χ4v) is 3.42.